The van der Waals surface area contributed by atoms with E-state index in [4.69, 9.17) is 4.74 Å². The lowest BCUT2D eigenvalue weighted by atomic mass is 9.78. The maximum Gasteiger partial charge on any atom is 0.0931 e. The van der Waals surface area contributed by atoms with E-state index in [-0.39, 0.29) is 5.41 Å². The smallest absolute Gasteiger partial charge is 0.0931 e. The Kier molecular flexibility index (Phi) is 2.22. The monoisotopic (exact) mass is 243 g/mol. The molecule has 2 aliphatic rings. The number of hydrogen-bond donors (Lipinski definition) is 2. The summed E-state index contributed by atoms with van der Waals surface area (Å²) in [6, 6.07) is 7.26. The van der Waals surface area contributed by atoms with Crippen molar-refractivity contribution in [2.24, 2.45) is 0 Å². The van der Waals surface area contributed by atoms with Gasteiger partial charge in [-0.05, 0) is 30.5 Å². The second kappa shape index (κ2) is 3.80. The number of nitrogens with one attached hydrogen (secondary N) is 2. The van der Waals surface area contributed by atoms with E-state index in [0.29, 0.717) is 0 Å². The van der Waals surface area contributed by atoms with Gasteiger partial charge in [0.15, 0.2) is 0 Å². The first-order valence-electron chi connectivity index (χ1n) is 6.61. The van der Waals surface area contributed by atoms with Crippen molar-refractivity contribution in [2.75, 3.05) is 19.8 Å². The highest BCUT2D eigenvalue weighted by atomic mass is 16.5. The SMILES string of the molecule is c1nc2ccc(C3(CNC4CC4)COC3)cc2[nH]1. The minimum atomic E-state index is 0.169. The highest BCUT2D eigenvalue weighted by Crippen LogP contribution is 2.34. The fraction of sp³-hybridized carbons (Fsp3) is 0.500. The third-order valence-corrected chi connectivity index (χ3v) is 4.10. The van der Waals surface area contributed by atoms with Crippen LogP contribution >= 0.6 is 0 Å². The van der Waals surface area contributed by atoms with Crippen LogP contribution in [0.4, 0.5) is 0 Å². The molecule has 0 spiro atoms. The van der Waals surface area contributed by atoms with E-state index in [1.165, 1.54) is 18.4 Å². The number of aromatic nitrogens is 2. The van der Waals surface area contributed by atoms with Crippen molar-refractivity contribution in [1.29, 1.82) is 0 Å². The van der Waals surface area contributed by atoms with Crippen LogP contribution in [0.5, 0.6) is 0 Å². The normalized spacial score (nSPS) is 22.0. The number of nitrogens with zero attached hydrogens (tertiary/aromatic N) is 1. The Morgan fingerprint density at radius 3 is 3.00 bits per heavy atom. The number of imidazole rings is 1. The largest absolute Gasteiger partial charge is 0.379 e. The van der Waals surface area contributed by atoms with Gasteiger partial charge < -0.3 is 15.0 Å². The fourth-order valence-corrected chi connectivity index (χ4v) is 2.61. The average molecular weight is 243 g/mol. The Morgan fingerprint density at radius 2 is 2.28 bits per heavy atom. The van der Waals surface area contributed by atoms with E-state index < -0.39 is 0 Å². The van der Waals surface area contributed by atoms with E-state index in [1.807, 2.05) is 0 Å². The van der Waals surface area contributed by atoms with Gasteiger partial charge in [-0.3, -0.25) is 0 Å². The number of ether oxygens (including phenoxy) is 1. The second-order valence-electron chi connectivity index (χ2n) is 5.56. The minimum Gasteiger partial charge on any atom is -0.379 e. The molecule has 1 aromatic carbocycles. The number of fused-ring (bicyclic) bond motifs is 1. The van der Waals surface area contributed by atoms with Crippen LogP contribution in [0.1, 0.15) is 18.4 Å². The molecule has 0 bridgehead atoms. The molecular formula is C14H17N3O. The molecule has 1 saturated carbocycles. The summed E-state index contributed by atoms with van der Waals surface area (Å²) in [4.78, 5) is 7.45. The van der Waals surface area contributed by atoms with Gasteiger partial charge in [-0.15, -0.1) is 0 Å². The maximum absolute atomic E-state index is 5.47. The minimum absolute atomic E-state index is 0.169. The molecule has 2 N–H and O–H groups in total. The molecule has 4 nitrogen and oxygen atoms in total. The van der Waals surface area contributed by atoms with Crippen molar-refractivity contribution in [2.45, 2.75) is 24.3 Å². The quantitative estimate of drug-likeness (QED) is 0.857. The van der Waals surface area contributed by atoms with E-state index in [0.717, 1.165) is 36.8 Å². The van der Waals surface area contributed by atoms with E-state index in [9.17, 15) is 0 Å². The fourth-order valence-electron chi connectivity index (χ4n) is 2.61. The molecule has 18 heavy (non-hydrogen) atoms. The van der Waals surface area contributed by atoms with Gasteiger partial charge >= 0.3 is 0 Å². The predicted molar refractivity (Wildman–Crippen MR) is 69.6 cm³/mol. The van der Waals surface area contributed by atoms with Crippen molar-refractivity contribution < 1.29 is 4.74 Å². The molecule has 2 heterocycles. The van der Waals surface area contributed by atoms with Crippen LogP contribution in [0.25, 0.3) is 11.0 Å². The summed E-state index contributed by atoms with van der Waals surface area (Å²) in [5.74, 6) is 0. The molecule has 0 radical (unpaired) electrons. The summed E-state index contributed by atoms with van der Waals surface area (Å²) >= 11 is 0. The number of H-pyrrole nitrogens is 1. The molecule has 2 fully saturated rings. The zero-order valence-corrected chi connectivity index (χ0v) is 10.3. The summed E-state index contributed by atoms with van der Waals surface area (Å²) in [6.07, 6.45) is 4.41. The van der Waals surface area contributed by atoms with Crippen LogP contribution < -0.4 is 5.32 Å². The first-order chi connectivity index (χ1) is 8.86. The number of hydrogen-bond acceptors (Lipinski definition) is 3. The second-order valence-corrected chi connectivity index (χ2v) is 5.56. The molecule has 0 atom stereocenters. The van der Waals surface area contributed by atoms with E-state index in [2.05, 4.69) is 33.5 Å². The third kappa shape index (κ3) is 1.64. The molecule has 0 amide bonds. The molecule has 0 unspecified atom stereocenters. The molecule has 1 aliphatic carbocycles. The maximum atomic E-state index is 5.47. The average Bonchev–Trinajstić information content (AvgIpc) is 3.04. The topological polar surface area (TPSA) is 49.9 Å². The lowest BCUT2D eigenvalue weighted by molar-refractivity contribution is -0.0591. The zero-order valence-electron chi connectivity index (χ0n) is 10.3. The molecule has 2 aromatic rings. The van der Waals surface area contributed by atoms with E-state index >= 15 is 0 Å². The van der Waals surface area contributed by atoms with Crippen molar-refractivity contribution >= 4 is 11.0 Å². The van der Waals surface area contributed by atoms with Crippen molar-refractivity contribution in [3.63, 3.8) is 0 Å². The van der Waals surface area contributed by atoms with Crippen molar-refractivity contribution in [3.05, 3.63) is 30.1 Å². The summed E-state index contributed by atoms with van der Waals surface area (Å²) in [5.41, 5.74) is 3.68. The summed E-state index contributed by atoms with van der Waals surface area (Å²) in [5, 5.41) is 3.63. The molecule has 1 saturated heterocycles. The van der Waals surface area contributed by atoms with Crippen LogP contribution in [0.3, 0.4) is 0 Å². The number of aromatic amines is 1. The van der Waals surface area contributed by atoms with Gasteiger partial charge in [0, 0.05) is 12.6 Å². The van der Waals surface area contributed by atoms with Gasteiger partial charge in [0.1, 0.15) is 0 Å². The van der Waals surface area contributed by atoms with E-state index in [1.54, 1.807) is 6.33 Å². The van der Waals surface area contributed by atoms with Gasteiger partial charge in [-0.1, -0.05) is 6.07 Å². The summed E-state index contributed by atoms with van der Waals surface area (Å²) in [7, 11) is 0. The Balaban J connectivity index is 1.64. The molecular weight excluding hydrogens is 226 g/mol. The Hall–Kier alpha value is -1.39. The lowest BCUT2D eigenvalue weighted by Gasteiger charge is -2.42. The zero-order chi connectivity index (χ0) is 12.0. The van der Waals surface area contributed by atoms with Crippen LogP contribution in [-0.4, -0.2) is 35.8 Å². The van der Waals surface area contributed by atoms with Crippen LogP contribution in [0, 0.1) is 0 Å². The van der Waals surface area contributed by atoms with Crippen molar-refractivity contribution in [3.8, 4) is 0 Å². The molecule has 4 heteroatoms. The van der Waals surface area contributed by atoms with Crippen LogP contribution in [0.2, 0.25) is 0 Å². The van der Waals surface area contributed by atoms with Gasteiger partial charge in [0.25, 0.3) is 0 Å². The van der Waals surface area contributed by atoms with Gasteiger partial charge in [0.05, 0.1) is 36.0 Å². The van der Waals surface area contributed by atoms with Crippen LogP contribution in [-0.2, 0) is 10.2 Å². The summed E-state index contributed by atoms with van der Waals surface area (Å²) < 4.78 is 5.47. The first-order valence-corrected chi connectivity index (χ1v) is 6.61. The number of benzene rings is 1. The third-order valence-electron chi connectivity index (χ3n) is 4.10. The molecule has 1 aliphatic heterocycles. The lowest BCUT2D eigenvalue weighted by Crippen LogP contribution is -2.53. The Bertz CT molecular complexity index is 569. The van der Waals surface area contributed by atoms with Crippen molar-refractivity contribution in [1.82, 2.24) is 15.3 Å². The Labute approximate surface area is 106 Å². The molecule has 1 aromatic heterocycles. The standard InChI is InChI=1S/C14H17N3O/c1-4-12-13(17-9-16-12)5-10(1)14(7-18-8-14)6-15-11-2-3-11/h1,4-5,9,11,15H,2-3,6-8H2,(H,16,17). The molecule has 4 rings (SSSR count). The first kappa shape index (κ1) is 10.5. The number of rotatable bonds is 4. The predicted octanol–water partition coefficient (Wildman–Crippen LogP) is 1.58. The van der Waals surface area contributed by atoms with Gasteiger partial charge in [-0.2, -0.15) is 0 Å². The highest BCUT2D eigenvalue weighted by molar-refractivity contribution is 5.75. The highest BCUT2D eigenvalue weighted by Gasteiger charge is 2.41. The molecule has 94 valence electrons. The summed E-state index contributed by atoms with van der Waals surface area (Å²) in [6.45, 7) is 2.68. The van der Waals surface area contributed by atoms with Gasteiger partial charge in [-0.25, -0.2) is 4.98 Å². The van der Waals surface area contributed by atoms with Gasteiger partial charge in [0.2, 0.25) is 0 Å². The van der Waals surface area contributed by atoms with Crippen LogP contribution in [0.15, 0.2) is 24.5 Å². The Morgan fingerprint density at radius 1 is 1.39 bits per heavy atom.